The van der Waals surface area contributed by atoms with Crippen molar-refractivity contribution in [1.82, 2.24) is 20.9 Å². The maximum atomic E-state index is 14.5. The van der Waals surface area contributed by atoms with Crippen LogP contribution in [-0.4, -0.2) is 86.5 Å². The van der Waals surface area contributed by atoms with E-state index in [0.29, 0.717) is 12.3 Å². The van der Waals surface area contributed by atoms with E-state index in [2.05, 4.69) is 10.6 Å². The van der Waals surface area contributed by atoms with Gasteiger partial charge in [0.25, 0.3) is 0 Å². The van der Waals surface area contributed by atoms with Gasteiger partial charge in [0.05, 0.1) is 6.04 Å². The number of alkyl halides is 5. The van der Waals surface area contributed by atoms with Crippen LogP contribution in [0.15, 0.2) is 11.2 Å². The largest absolute Gasteiger partial charge is 0.471 e. The Hall–Kier alpha value is -2.85. The molecule has 6 atom stereocenters. The molecule has 2 aliphatic heterocycles. The molecule has 2 saturated heterocycles. The van der Waals surface area contributed by atoms with Crippen LogP contribution in [0.5, 0.6) is 0 Å². The minimum atomic E-state index is -5.33. The van der Waals surface area contributed by atoms with Crippen molar-refractivity contribution >= 4 is 33.5 Å². The number of sulfone groups is 1. The van der Waals surface area contributed by atoms with Crippen molar-refractivity contribution in [2.24, 2.45) is 23.2 Å². The summed E-state index contributed by atoms with van der Waals surface area (Å²) in [6.07, 6.45) is -5.67. The van der Waals surface area contributed by atoms with Crippen LogP contribution in [0.1, 0.15) is 46.5 Å². The second kappa shape index (κ2) is 11.7. The SMILES string of the molecule is CC(C)(C)[C@H](NC(=O)C(F)(F)F)C(=O)N1C[C@H]2CC(F)(F)C[C@H]2[C@@H]1C(=O)N[C@H](/C=C(/F)S(C)(=O)=O)C[C@@H]1CCNC1=O. The van der Waals surface area contributed by atoms with Crippen molar-refractivity contribution in [3.63, 3.8) is 0 Å². The lowest BCUT2D eigenvalue weighted by atomic mass is 9.85. The van der Waals surface area contributed by atoms with Crippen LogP contribution in [0, 0.1) is 23.2 Å². The smallest absolute Gasteiger partial charge is 0.356 e. The number of amides is 4. The van der Waals surface area contributed by atoms with Crippen LogP contribution in [-0.2, 0) is 29.0 Å². The summed E-state index contributed by atoms with van der Waals surface area (Å²) >= 11 is 0. The second-order valence-corrected chi connectivity index (χ2v) is 14.2. The lowest BCUT2D eigenvalue weighted by Crippen LogP contribution is -2.60. The summed E-state index contributed by atoms with van der Waals surface area (Å²) < 4.78 is 106. The van der Waals surface area contributed by atoms with E-state index in [9.17, 15) is 53.9 Å². The molecule has 17 heteroatoms. The topological polar surface area (TPSA) is 142 Å². The summed E-state index contributed by atoms with van der Waals surface area (Å²) in [5.41, 5.74) is -1.31. The van der Waals surface area contributed by atoms with E-state index in [1.807, 2.05) is 0 Å². The van der Waals surface area contributed by atoms with Crippen molar-refractivity contribution in [3.05, 3.63) is 11.2 Å². The van der Waals surface area contributed by atoms with Crippen LogP contribution < -0.4 is 16.0 Å². The van der Waals surface area contributed by atoms with Crippen molar-refractivity contribution < 1.29 is 53.9 Å². The molecule has 3 N–H and O–H groups in total. The number of hydrogen-bond donors (Lipinski definition) is 3. The average molecular weight is 633 g/mol. The molecular weight excluding hydrogens is 598 g/mol. The summed E-state index contributed by atoms with van der Waals surface area (Å²) in [6, 6.07) is -4.87. The van der Waals surface area contributed by atoms with Gasteiger partial charge in [-0.15, -0.1) is 0 Å². The first-order valence-corrected chi connectivity index (χ1v) is 15.1. The maximum Gasteiger partial charge on any atom is 0.471 e. The summed E-state index contributed by atoms with van der Waals surface area (Å²) in [4.78, 5) is 52.0. The number of nitrogens with one attached hydrogen (secondary N) is 3. The molecule has 3 rings (SSSR count). The van der Waals surface area contributed by atoms with Gasteiger partial charge in [-0.1, -0.05) is 20.8 Å². The number of rotatable bonds is 8. The summed E-state index contributed by atoms with van der Waals surface area (Å²) in [6.45, 7) is 3.97. The van der Waals surface area contributed by atoms with Crippen molar-refractivity contribution in [1.29, 1.82) is 0 Å². The Morgan fingerprint density at radius 3 is 2.26 bits per heavy atom. The number of likely N-dealkylation sites (tertiary alicyclic amines) is 1. The highest BCUT2D eigenvalue weighted by Gasteiger charge is 2.59. The molecule has 0 spiro atoms. The van der Waals surface area contributed by atoms with E-state index in [1.165, 1.54) is 20.8 Å². The molecule has 238 valence electrons. The first-order valence-electron chi connectivity index (χ1n) is 13.2. The summed E-state index contributed by atoms with van der Waals surface area (Å²) in [5.74, 6) is -11.0. The molecule has 0 bridgehead atoms. The normalized spacial score (nSPS) is 27.7. The Morgan fingerprint density at radius 2 is 1.76 bits per heavy atom. The van der Waals surface area contributed by atoms with Crippen LogP contribution >= 0.6 is 0 Å². The van der Waals surface area contributed by atoms with Gasteiger partial charge in [-0.3, -0.25) is 19.2 Å². The third-order valence-electron chi connectivity index (χ3n) is 7.79. The molecule has 0 radical (unpaired) electrons. The first-order chi connectivity index (χ1) is 19.0. The highest BCUT2D eigenvalue weighted by atomic mass is 32.2. The van der Waals surface area contributed by atoms with Gasteiger partial charge in [-0.25, -0.2) is 17.2 Å². The fourth-order valence-corrected chi connectivity index (χ4v) is 6.19. The Bertz CT molecular complexity index is 1250. The van der Waals surface area contributed by atoms with E-state index >= 15 is 0 Å². The van der Waals surface area contributed by atoms with Gasteiger partial charge in [0.1, 0.15) is 12.1 Å². The molecule has 0 aromatic rings. The third-order valence-corrected chi connectivity index (χ3v) is 8.63. The molecule has 2 heterocycles. The van der Waals surface area contributed by atoms with Crippen LogP contribution in [0.25, 0.3) is 0 Å². The van der Waals surface area contributed by atoms with Gasteiger partial charge < -0.3 is 20.9 Å². The van der Waals surface area contributed by atoms with Crippen molar-refractivity contribution in [2.45, 2.75) is 76.7 Å². The van der Waals surface area contributed by atoms with Gasteiger partial charge in [0.15, 0.2) is 0 Å². The van der Waals surface area contributed by atoms with E-state index in [1.54, 1.807) is 5.32 Å². The number of fused-ring (bicyclic) bond motifs is 1. The number of hydrogen-bond acceptors (Lipinski definition) is 6. The molecule has 3 aliphatic rings. The first kappa shape index (κ1) is 33.6. The number of nitrogens with zero attached hydrogens (tertiary/aromatic N) is 1. The molecule has 1 saturated carbocycles. The van der Waals surface area contributed by atoms with Gasteiger partial charge in [0, 0.05) is 38.1 Å². The molecule has 10 nitrogen and oxygen atoms in total. The summed E-state index contributed by atoms with van der Waals surface area (Å²) in [5, 5.41) is 4.95. The zero-order valence-electron chi connectivity index (χ0n) is 23.4. The predicted octanol–water partition coefficient (Wildman–Crippen LogP) is 1.82. The van der Waals surface area contributed by atoms with Gasteiger partial charge >= 0.3 is 12.1 Å². The van der Waals surface area contributed by atoms with Crippen LogP contribution in [0.4, 0.5) is 26.3 Å². The molecule has 1 aliphatic carbocycles. The van der Waals surface area contributed by atoms with E-state index in [-0.39, 0.29) is 19.4 Å². The van der Waals surface area contributed by atoms with Crippen LogP contribution in [0.2, 0.25) is 0 Å². The zero-order chi connectivity index (χ0) is 32.0. The average Bonchev–Trinajstić information content (AvgIpc) is 3.45. The van der Waals surface area contributed by atoms with E-state index in [0.717, 1.165) is 4.90 Å². The van der Waals surface area contributed by atoms with Gasteiger partial charge in [-0.2, -0.15) is 17.6 Å². The monoisotopic (exact) mass is 632 g/mol. The Labute approximate surface area is 238 Å². The van der Waals surface area contributed by atoms with E-state index < -0.39 is 111 Å². The molecule has 0 aromatic carbocycles. The van der Waals surface area contributed by atoms with E-state index in [4.69, 9.17) is 0 Å². The lowest BCUT2D eigenvalue weighted by Gasteiger charge is -2.37. The molecule has 0 unspecified atom stereocenters. The fraction of sp³-hybridized carbons (Fsp3) is 0.760. The summed E-state index contributed by atoms with van der Waals surface area (Å²) in [7, 11) is -4.36. The number of carbonyl (C=O) groups is 4. The quantitative estimate of drug-likeness (QED) is 0.349. The van der Waals surface area contributed by atoms with Crippen molar-refractivity contribution in [2.75, 3.05) is 19.3 Å². The second-order valence-electron chi connectivity index (χ2n) is 12.3. The van der Waals surface area contributed by atoms with Gasteiger partial charge in [-0.05, 0) is 36.2 Å². The molecular formula is C25H34F6N4O6S. The Balaban J connectivity index is 1.97. The Kier molecular flexibility index (Phi) is 9.36. The lowest BCUT2D eigenvalue weighted by molar-refractivity contribution is -0.176. The fourth-order valence-electron chi connectivity index (χ4n) is 5.78. The predicted molar refractivity (Wildman–Crippen MR) is 136 cm³/mol. The highest BCUT2D eigenvalue weighted by molar-refractivity contribution is 7.94. The third kappa shape index (κ3) is 7.75. The molecule has 3 fully saturated rings. The number of halogens is 6. The zero-order valence-corrected chi connectivity index (χ0v) is 24.2. The molecule has 4 amide bonds. The minimum absolute atomic E-state index is 0.252. The van der Waals surface area contributed by atoms with Crippen LogP contribution in [0.3, 0.4) is 0 Å². The maximum absolute atomic E-state index is 14.5. The Morgan fingerprint density at radius 1 is 1.14 bits per heavy atom. The molecule has 0 aromatic heterocycles. The highest BCUT2D eigenvalue weighted by Crippen LogP contribution is 2.50. The van der Waals surface area contributed by atoms with Crippen molar-refractivity contribution in [3.8, 4) is 0 Å². The minimum Gasteiger partial charge on any atom is -0.356 e. The standard InChI is InChI=1S/C25H34F6N4O6S/c1-23(2,3)18(34-22(39)25(29,30)31)21(38)35-11-13-9-24(27,28)10-15(13)17(35)20(37)33-14(8-16(26)42(4,40)41)7-12-5-6-32-19(12)36/h8,12-15,17-18H,5-7,9-11H2,1-4H3,(H,32,36)(H,33,37)(H,34,39)/b16-8-/t12-,13+,14-,15+,17+,18+/m0/s1. The van der Waals surface area contributed by atoms with Gasteiger partial charge in [0.2, 0.25) is 38.6 Å². The molecule has 42 heavy (non-hydrogen) atoms. The number of carbonyl (C=O) groups excluding carboxylic acids is 4.